The Labute approximate surface area is 128 Å². The Morgan fingerprint density at radius 1 is 1.36 bits per heavy atom. The van der Waals surface area contributed by atoms with Crippen LogP contribution in [0.2, 0.25) is 0 Å². The second kappa shape index (κ2) is 5.86. The van der Waals surface area contributed by atoms with Crippen LogP contribution in [0.25, 0.3) is 11.1 Å². The van der Waals surface area contributed by atoms with Gasteiger partial charge < -0.3 is 10.3 Å². The average Bonchev–Trinajstić information content (AvgIpc) is 2.47. The molecule has 1 heterocycles. The van der Waals surface area contributed by atoms with E-state index >= 15 is 0 Å². The highest BCUT2D eigenvalue weighted by molar-refractivity contribution is 5.94. The second-order valence-electron chi connectivity index (χ2n) is 5.39. The Balaban J connectivity index is 2.87. The monoisotopic (exact) mass is 295 g/mol. The van der Waals surface area contributed by atoms with Crippen molar-refractivity contribution in [1.82, 2.24) is 4.57 Å². The molecule has 1 amide bonds. The maximum Gasteiger partial charge on any atom is 0.254 e. The van der Waals surface area contributed by atoms with Gasteiger partial charge in [0.05, 0.1) is 11.6 Å². The van der Waals surface area contributed by atoms with Gasteiger partial charge in [0.15, 0.2) is 0 Å². The van der Waals surface area contributed by atoms with Crippen LogP contribution in [-0.4, -0.2) is 10.5 Å². The molecule has 1 aromatic carbocycles. The molecule has 1 aromatic heterocycles. The number of benzene rings is 1. The van der Waals surface area contributed by atoms with Crippen molar-refractivity contribution in [3.63, 3.8) is 0 Å². The SMILES string of the molecule is Cc1c(-c2cccc(C#N)c2)c(=O)c(C(N)=O)cn1C(C)C. The first kappa shape index (κ1) is 15.5. The molecule has 0 bridgehead atoms. The minimum Gasteiger partial charge on any atom is -0.365 e. The van der Waals surface area contributed by atoms with E-state index in [1.807, 2.05) is 25.3 Å². The smallest absolute Gasteiger partial charge is 0.254 e. The molecule has 112 valence electrons. The lowest BCUT2D eigenvalue weighted by Crippen LogP contribution is -2.27. The summed E-state index contributed by atoms with van der Waals surface area (Å²) in [7, 11) is 0. The normalized spacial score (nSPS) is 10.5. The van der Waals surface area contributed by atoms with Crippen LogP contribution in [0.3, 0.4) is 0 Å². The summed E-state index contributed by atoms with van der Waals surface area (Å²) >= 11 is 0. The number of pyridine rings is 1. The number of carbonyl (C=O) groups excluding carboxylic acids is 1. The lowest BCUT2D eigenvalue weighted by atomic mass is 9.99. The fraction of sp³-hybridized carbons (Fsp3) is 0.235. The number of rotatable bonds is 3. The Morgan fingerprint density at radius 3 is 2.59 bits per heavy atom. The van der Waals surface area contributed by atoms with Crippen LogP contribution in [0.15, 0.2) is 35.3 Å². The third kappa shape index (κ3) is 2.63. The standard InChI is InChI=1S/C17H17N3O2/c1-10(2)20-9-14(17(19)22)16(21)15(11(20)3)13-6-4-5-12(7-13)8-18/h4-7,9-10H,1-3H3,(H2,19,22). The number of primary amides is 1. The van der Waals surface area contributed by atoms with E-state index < -0.39 is 11.3 Å². The van der Waals surface area contributed by atoms with Crippen LogP contribution in [0.5, 0.6) is 0 Å². The van der Waals surface area contributed by atoms with E-state index in [2.05, 4.69) is 6.07 Å². The van der Waals surface area contributed by atoms with Crippen molar-refractivity contribution < 1.29 is 4.79 Å². The highest BCUT2D eigenvalue weighted by Crippen LogP contribution is 2.23. The van der Waals surface area contributed by atoms with Gasteiger partial charge in [0.2, 0.25) is 5.43 Å². The lowest BCUT2D eigenvalue weighted by molar-refractivity contribution is 0.0998. The van der Waals surface area contributed by atoms with Crippen molar-refractivity contribution in [2.75, 3.05) is 0 Å². The number of nitrogens with zero attached hydrogens (tertiary/aromatic N) is 2. The van der Waals surface area contributed by atoms with E-state index in [0.29, 0.717) is 16.7 Å². The minimum atomic E-state index is -0.753. The van der Waals surface area contributed by atoms with Gasteiger partial charge in [-0.05, 0) is 38.5 Å². The molecule has 5 heteroatoms. The predicted molar refractivity (Wildman–Crippen MR) is 84.5 cm³/mol. The zero-order valence-electron chi connectivity index (χ0n) is 12.8. The van der Waals surface area contributed by atoms with Crippen LogP contribution in [0.1, 0.15) is 41.5 Å². The summed E-state index contributed by atoms with van der Waals surface area (Å²) in [4.78, 5) is 24.2. The van der Waals surface area contributed by atoms with E-state index in [-0.39, 0.29) is 11.6 Å². The number of nitriles is 1. The van der Waals surface area contributed by atoms with Crippen molar-refractivity contribution in [2.45, 2.75) is 26.8 Å². The molecule has 0 aliphatic heterocycles. The minimum absolute atomic E-state index is 0.0448. The second-order valence-corrected chi connectivity index (χ2v) is 5.39. The van der Waals surface area contributed by atoms with E-state index in [1.54, 1.807) is 24.3 Å². The van der Waals surface area contributed by atoms with Crippen molar-refractivity contribution in [2.24, 2.45) is 5.73 Å². The molecular weight excluding hydrogens is 278 g/mol. The maximum absolute atomic E-state index is 12.6. The molecule has 0 radical (unpaired) electrons. The molecule has 0 aliphatic carbocycles. The van der Waals surface area contributed by atoms with Gasteiger partial charge in [0, 0.05) is 23.5 Å². The first-order chi connectivity index (χ1) is 10.4. The van der Waals surface area contributed by atoms with Crippen LogP contribution >= 0.6 is 0 Å². The zero-order chi connectivity index (χ0) is 16.4. The first-order valence-electron chi connectivity index (χ1n) is 6.93. The molecule has 2 aromatic rings. The summed E-state index contributed by atoms with van der Waals surface area (Å²) in [6.45, 7) is 5.73. The summed E-state index contributed by atoms with van der Waals surface area (Å²) < 4.78 is 1.84. The van der Waals surface area contributed by atoms with Gasteiger partial charge in [0.1, 0.15) is 5.56 Å². The molecule has 0 aliphatic rings. The zero-order valence-corrected chi connectivity index (χ0v) is 12.8. The lowest BCUT2D eigenvalue weighted by Gasteiger charge is -2.19. The van der Waals surface area contributed by atoms with Gasteiger partial charge in [-0.15, -0.1) is 0 Å². The molecule has 0 fully saturated rings. The fourth-order valence-corrected chi connectivity index (χ4v) is 2.52. The first-order valence-corrected chi connectivity index (χ1v) is 6.93. The van der Waals surface area contributed by atoms with E-state index in [1.165, 1.54) is 6.20 Å². The Bertz CT molecular complexity index is 842. The fourth-order valence-electron chi connectivity index (χ4n) is 2.52. The largest absolute Gasteiger partial charge is 0.365 e. The average molecular weight is 295 g/mol. The summed E-state index contributed by atoms with van der Waals surface area (Å²) in [6, 6.07) is 8.88. The topological polar surface area (TPSA) is 88.9 Å². The van der Waals surface area contributed by atoms with Gasteiger partial charge in [-0.1, -0.05) is 12.1 Å². The summed E-state index contributed by atoms with van der Waals surface area (Å²) in [6.07, 6.45) is 1.50. The molecule has 0 atom stereocenters. The van der Waals surface area contributed by atoms with E-state index in [4.69, 9.17) is 11.0 Å². The Morgan fingerprint density at radius 2 is 2.05 bits per heavy atom. The molecule has 22 heavy (non-hydrogen) atoms. The van der Waals surface area contributed by atoms with Crippen molar-refractivity contribution in [3.05, 3.63) is 57.5 Å². The molecule has 2 rings (SSSR count). The van der Waals surface area contributed by atoms with Crippen LogP contribution in [-0.2, 0) is 0 Å². The van der Waals surface area contributed by atoms with Gasteiger partial charge in [0.25, 0.3) is 5.91 Å². The molecule has 0 unspecified atom stereocenters. The number of nitrogens with two attached hydrogens (primary N) is 1. The van der Waals surface area contributed by atoms with Crippen LogP contribution in [0, 0.1) is 18.3 Å². The predicted octanol–water partition coefficient (Wildman–Crippen LogP) is 2.38. The highest BCUT2D eigenvalue weighted by Gasteiger charge is 2.18. The third-order valence-electron chi connectivity index (χ3n) is 3.59. The molecule has 0 spiro atoms. The number of carbonyl (C=O) groups is 1. The molecule has 0 saturated carbocycles. The van der Waals surface area contributed by atoms with Crippen molar-refractivity contribution in [3.8, 4) is 17.2 Å². The number of amides is 1. The van der Waals surface area contributed by atoms with Crippen molar-refractivity contribution in [1.29, 1.82) is 5.26 Å². The molecular formula is C17H17N3O2. The molecule has 5 nitrogen and oxygen atoms in total. The Hall–Kier alpha value is -2.87. The quantitative estimate of drug-likeness (QED) is 0.942. The van der Waals surface area contributed by atoms with E-state index in [0.717, 1.165) is 5.69 Å². The van der Waals surface area contributed by atoms with Gasteiger partial charge in [-0.3, -0.25) is 9.59 Å². The van der Waals surface area contributed by atoms with Gasteiger partial charge in [-0.25, -0.2) is 0 Å². The van der Waals surface area contributed by atoms with Gasteiger partial charge >= 0.3 is 0 Å². The van der Waals surface area contributed by atoms with Crippen LogP contribution < -0.4 is 11.2 Å². The highest BCUT2D eigenvalue weighted by atomic mass is 16.2. The number of aromatic nitrogens is 1. The molecule has 2 N–H and O–H groups in total. The maximum atomic E-state index is 12.6. The number of hydrogen-bond acceptors (Lipinski definition) is 3. The third-order valence-corrected chi connectivity index (χ3v) is 3.59. The summed E-state index contributed by atoms with van der Waals surface area (Å²) in [5.74, 6) is -0.753. The summed E-state index contributed by atoms with van der Waals surface area (Å²) in [5.41, 5.74) is 7.09. The molecule has 0 saturated heterocycles. The van der Waals surface area contributed by atoms with Crippen molar-refractivity contribution >= 4 is 5.91 Å². The number of hydrogen-bond donors (Lipinski definition) is 1. The van der Waals surface area contributed by atoms with Gasteiger partial charge in [-0.2, -0.15) is 5.26 Å². The van der Waals surface area contributed by atoms with E-state index in [9.17, 15) is 9.59 Å². The Kier molecular flexibility index (Phi) is 4.13. The summed E-state index contributed by atoms with van der Waals surface area (Å²) in [5, 5.41) is 9.03. The van der Waals surface area contributed by atoms with Crippen LogP contribution in [0.4, 0.5) is 0 Å².